The summed E-state index contributed by atoms with van der Waals surface area (Å²) in [5.74, 6) is 0. The Labute approximate surface area is 281 Å². The molecule has 0 bridgehead atoms. The van der Waals surface area contributed by atoms with E-state index in [2.05, 4.69) is 0 Å². The third-order valence-electron chi connectivity index (χ3n) is 7.30. The maximum Gasteiger partial charge on any atom is 0.0651 e. The van der Waals surface area contributed by atoms with Gasteiger partial charge in [0, 0.05) is 17.1 Å². The molecule has 0 heterocycles. The van der Waals surface area contributed by atoms with Crippen LogP contribution in [0.3, 0.4) is 0 Å². The Hall–Kier alpha value is -5.14. The molecule has 7 aromatic carbocycles. The van der Waals surface area contributed by atoms with Crippen LogP contribution >= 0.6 is 0 Å². The number of nitrogens with zero attached hydrogens (tertiary/aromatic N) is 1. The van der Waals surface area contributed by atoms with E-state index in [0.29, 0.717) is 10.5 Å². The molecule has 0 saturated carbocycles. The van der Waals surface area contributed by atoms with E-state index in [1.165, 1.54) is 0 Å². The fourth-order valence-electron chi connectivity index (χ4n) is 5.05. The predicted molar refractivity (Wildman–Crippen MR) is 185 cm³/mol. The number of para-hydroxylation sites is 2. The summed E-state index contributed by atoms with van der Waals surface area (Å²) in [6.07, 6.45) is 0. The molecule has 1 aliphatic rings. The minimum Gasteiger partial charge on any atom is -0.310 e. The van der Waals surface area contributed by atoms with E-state index in [1.807, 2.05) is 32.9 Å². The second-order valence-corrected chi connectivity index (χ2v) is 11.1. The molecule has 0 aliphatic heterocycles. The van der Waals surface area contributed by atoms with E-state index in [9.17, 15) is 11.0 Å². The van der Waals surface area contributed by atoms with E-state index < -0.39 is 131 Å². The van der Waals surface area contributed by atoms with Crippen molar-refractivity contribution in [3.63, 3.8) is 0 Å². The van der Waals surface area contributed by atoms with Gasteiger partial charge in [0.2, 0.25) is 0 Å². The molecule has 7 aromatic rings. The lowest BCUT2D eigenvalue weighted by Crippen LogP contribution is -2.10. The molecule has 0 atom stereocenters. The number of benzene rings is 7. The predicted octanol–water partition coefficient (Wildman–Crippen LogP) is 12.1. The summed E-state index contributed by atoms with van der Waals surface area (Å²) < 4.78 is 178. The Morgan fingerprint density at radius 1 is 0.442 bits per heavy atom. The summed E-state index contributed by atoms with van der Waals surface area (Å²) in [5.41, 5.74) is -1.65. The van der Waals surface area contributed by atoms with Crippen molar-refractivity contribution in [1.82, 2.24) is 0 Å². The summed E-state index contributed by atoms with van der Waals surface area (Å²) in [6, 6.07) is -7.77. The Bertz CT molecular complexity index is 3130. The molecule has 206 valence electrons. The average molecular weight is 572 g/mol. The van der Waals surface area contributed by atoms with E-state index >= 15 is 0 Å². The second kappa shape index (κ2) is 9.71. The van der Waals surface area contributed by atoms with E-state index in [4.69, 9.17) is 16.4 Å². The van der Waals surface area contributed by atoms with Crippen LogP contribution < -0.4 is 4.90 Å². The van der Waals surface area contributed by atoms with Crippen LogP contribution in [0.15, 0.2) is 145 Å². The maximum absolute atomic E-state index is 9.55. The largest absolute Gasteiger partial charge is 0.310 e. The van der Waals surface area contributed by atoms with Crippen molar-refractivity contribution >= 4 is 38.6 Å². The minimum absolute atomic E-state index is 0.0487. The standard InChI is InChI=1S/C42H33N/c1-42(2,3)34-19-16-28(17-20-34)29-14-15-30-24-38-40(26-32(30)22-29)39-25-31-18-21-37(23-33(31)27-41(38)39)43(35-10-6-4-7-11-35)36-12-8-5-9-13-36/h4-27H,1-3H3/i4D,5D,6D,7D,8D,9D,10D,11D,12D,13D,14D,15D,18D,21D,22D,23D,24D,25D,26D,27D. The van der Waals surface area contributed by atoms with Crippen molar-refractivity contribution in [3.8, 4) is 33.4 Å². The first-order valence-electron chi connectivity index (χ1n) is 23.5. The SMILES string of the molecule is [2H]c1c([2H])c([2H])c(N(c2c([2H])c([2H])c([2H])c([2H])c2[2H])c2c([2H])c([2H])c3c([2H])c4c(c([2H])c3c2[2H])-c2c-4c([2H])c3c([2H])c(-c4ccc(C(C)(C)C)cc4)c([2H])c([2H])c3c2[2H])c([2H])c1[2H]. The summed E-state index contributed by atoms with van der Waals surface area (Å²) in [5, 5.41) is -1.35. The first-order valence-corrected chi connectivity index (χ1v) is 13.5. The van der Waals surface area contributed by atoms with Crippen molar-refractivity contribution in [2.24, 2.45) is 0 Å². The maximum atomic E-state index is 9.55. The number of rotatable bonds is 4. The van der Waals surface area contributed by atoms with Gasteiger partial charge in [0.15, 0.2) is 0 Å². The summed E-state index contributed by atoms with van der Waals surface area (Å²) >= 11 is 0. The van der Waals surface area contributed by atoms with Gasteiger partial charge in [-0.1, -0.05) is 99.4 Å². The Morgan fingerprint density at radius 3 is 1.47 bits per heavy atom. The first kappa shape index (κ1) is 12.2. The molecule has 0 unspecified atom stereocenters. The quantitative estimate of drug-likeness (QED) is 0.203. The van der Waals surface area contributed by atoms with Crippen molar-refractivity contribution in [1.29, 1.82) is 0 Å². The van der Waals surface area contributed by atoms with Gasteiger partial charge in [0.05, 0.1) is 27.4 Å². The smallest absolute Gasteiger partial charge is 0.0651 e. The first-order chi connectivity index (χ1) is 29.3. The number of anilines is 3. The van der Waals surface area contributed by atoms with Gasteiger partial charge in [0.1, 0.15) is 0 Å². The van der Waals surface area contributed by atoms with Crippen LogP contribution in [0.25, 0.3) is 54.9 Å². The molecule has 1 nitrogen and oxygen atoms in total. The Balaban J connectivity index is 1.47. The van der Waals surface area contributed by atoms with E-state index in [0.717, 1.165) is 5.56 Å². The van der Waals surface area contributed by atoms with Crippen molar-refractivity contribution in [3.05, 3.63) is 151 Å². The highest BCUT2D eigenvalue weighted by Gasteiger charge is 2.24. The van der Waals surface area contributed by atoms with Crippen LogP contribution in [-0.2, 0) is 5.41 Å². The van der Waals surface area contributed by atoms with Crippen LogP contribution in [0.2, 0.25) is 0 Å². The second-order valence-electron chi connectivity index (χ2n) is 11.1. The number of hydrogen-bond donors (Lipinski definition) is 0. The van der Waals surface area contributed by atoms with Crippen molar-refractivity contribution in [2.45, 2.75) is 26.2 Å². The van der Waals surface area contributed by atoms with Gasteiger partial charge >= 0.3 is 0 Å². The number of hydrogen-bond acceptors (Lipinski definition) is 1. The monoisotopic (exact) mass is 571 g/mol. The normalized spacial score (nSPS) is 18.6. The highest BCUT2D eigenvalue weighted by molar-refractivity contribution is 6.12. The van der Waals surface area contributed by atoms with Crippen LogP contribution in [0, 0.1) is 0 Å². The molecule has 0 fully saturated rings. The molecule has 43 heavy (non-hydrogen) atoms. The Morgan fingerprint density at radius 2 is 0.930 bits per heavy atom. The van der Waals surface area contributed by atoms with Crippen LogP contribution in [-0.4, -0.2) is 0 Å². The summed E-state index contributed by atoms with van der Waals surface area (Å²) in [6.45, 7) is 6.08. The van der Waals surface area contributed by atoms with Crippen LogP contribution in [0.5, 0.6) is 0 Å². The molecular formula is C42H33N. The number of fused-ring (bicyclic) bond motifs is 6. The van der Waals surface area contributed by atoms with Gasteiger partial charge in [0.25, 0.3) is 0 Å². The molecular weight excluding hydrogens is 518 g/mol. The van der Waals surface area contributed by atoms with Crippen molar-refractivity contribution < 1.29 is 27.4 Å². The summed E-state index contributed by atoms with van der Waals surface area (Å²) in [4.78, 5) is 0.552. The zero-order valence-electron chi connectivity index (χ0n) is 43.3. The highest BCUT2D eigenvalue weighted by atomic mass is 15.1. The topological polar surface area (TPSA) is 3.24 Å². The van der Waals surface area contributed by atoms with Crippen LogP contribution in [0.1, 0.15) is 53.7 Å². The van der Waals surface area contributed by atoms with Gasteiger partial charge in [-0.25, -0.2) is 0 Å². The summed E-state index contributed by atoms with van der Waals surface area (Å²) in [7, 11) is 0. The van der Waals surface area contributed by atoms with Gasteiger partial charge in [-0.3, -0.25) is 0 Å². The van der Waals surface area contributed by atoms with E-state index in [1.54, 1.807) is 12.1 Å². The van der Waals surface area contributed by atoms with Gasteiger partial charge in [-0.2, -0.15) is 0 Å². The molecule has 1 aliphatic carbocycles. The third-order valence-corrected chi connectivity index (χ3v) is 7.30. The van der Waals surface area contributed by atoms with Gasteiger partial charge < -0.3 is 4.90 Å². The zero-order valence-corrected chi connectivity index (χ0v) is 23.3. The fraction of sp³-hybridized carbons (Fsp3) is 0.0952. The fourth-order valence-corrected chi connectivity index (χ4v) is 5.05. The molecule has 0 radical (unpaired) electrons. The Kier molecular flexibility index (Phi) is 2.76. The van der Waals surface area contributed by atoms with Crippen molar-refractivity contribution in [2.75, 3.05) is 4.90 Å². The zero-order chi connectivity index (χ0) is 46.5. The molecule has 0 saturated heterocycles. The lowest BCUT2D eigenvalue weighted by molar-refractivity contribution is 0.590. The van der Waals surface area contributed by atoms with Crippen LogP contribution in [0.4, 0.5) is 17.1 Å². The lowest BCUT2D eigenvalue weighted by atomic mass is 9.77. The van der Waals surface area contributed by atoms with Gasteiger partial charge in [-0.15, -0.1) is 0 Å². The molecule has 0 amide bonds. The molecule has 0 aromatic heterocycles. The molecule has 1 heteroatoms. The van der Waals surface area contributed by atoms with E-state index in [-0.39, 0.29) is 62.1 Å². The highest BCUT2D eigenvalue weighted by Crippen LogP contribution is 2.51. The van der Waals surface area contributed by atoms with Gasteiger partial charge in [-0.05, 0) is 132 Å². The molecule has 0 N–H and O–H groups in total. The minimum atomic E-state index is -0.955. The average Bonchev–Trinajstić information content (AvgIpc) is 3.21. The molecule has 8 rings (SSSR count). The molecule has 0 spiro atoms. The third kappa shape index (κ3) is 4.40. The lowest BCUT2D eigenvalue weighted by Gasteiger charge is -2.28.